The van der Waals surface area contributed by atoms with Crippen LogP contribution >= 0.6 is 0 Å². The third-order valence-electron chi connectivity index (χ3n) is 5.85. The molecule has 0 bridgehead atoms. The molecule has 3 aromatic rings. The van der Waals surface area contributed by atoms with Crippen molar-refractivity contribution in [1.29, 1.82) is 0 Å². The number of Topliss-reactive ketones (excluding diaryl/α,β-unsaturated/α-hetero) is 1. The number of carbonyl (C=O) groups excluding carboxylic acids is 1. The topological polar surface area (TPSA) is 39.8 Å². The highest BCUT2D eigenvalue weighted by Crippen LogP contribution is 2.56. The number of hydrogen-bond acceptors (Lipinski definition) is 2. The third-order valence-corrected chi connectivity index (χ3v) is 5.85. The van der Waals surface area contributed by atoms with Gasteiger partial charge in [-0.1, -0.05) is 49.4 Å². The maximum atomic E-state index is 13.2. The number of aromatic nitrogens is 3. The number of imidazole rings is 1. The van der Waals surface area contributed by atoms with Crippen molar-refractivity contribution in [3.05, 3.63) is 72.9 Å². The number of ketones is 1. The first-order valence-electron chi connectivity index (χ1n) is 9.76. The molecule has 0 spiro atoms. The van der Waals surface area contributed by atoms with E-state index in [1.165, 1.54) is 0 Å². The molecule has 2 atom stereocenters. The van der Waals surface area contributed by atoms with E-state index in [1.807, 2.05) is 16.8 Å². The molecule has 0 radical (unpaired) electrons. The normalized spacial score (nSPS) is 23.4. The van der Waals surface area contributed by atoms with Crippen LogP contribution in [0.4, 0.5) is 0 Å². The SMILES string of the molecule is CCCC(=O)c1c(-n2ccnc2)n(C23C=CCC=CC2C3)c2ccccc12. The van der Waals surface area contributed by atoms with Crippen LogP contribution in [0.25, 0.3) is 16.7 Å². The molecule has 1 saturated carbocycles. The first-order valence-corrected chi connectivity index (χ1v) is 9.76. The van der Waals surface area contributed by atoms with Crippen LogP contribution in [0.1, 0.15) is 43.0 Å². The Hall–Kier alpha value is -2.88. The number of rotatable bonds is 5. The average Bonchev–Trinajstić information content (AvgIpc) is 3.01. The molecule has 0 aliphatic heterocycles. The summed E-state index contributed by atoms with van der Waals surface area (Å²) in [6.45, 7) is 2.06. The summed E-state index contributed by atoms with van der Waals surface area (Å²) < 4.78 is 4.40. The minimum atomic E-state index is -0.0864. The van der Waals surface area contributed by atoms with E-state index in [1.54, 1.807) is 12.5 Å². The first kappa shape index (κ1) is 16.3. The predicted molar refractivity (Wildman–Crippen MR) is 107 cm³/mol. The lowest BCUT2D eigenvalue weighted by atomic mass is 10.0. The molecule has 2 heterocycles. The molecule has 2 aliphatic carbocycles. The molecule has 0 N–H and O–H groups in total. The van der Waals surface area contributed by atoms with Crippen molar-refractivity contribution in [2.45, 2.75) is 38.1 Å². The Kier molecular flexibility index (Phi) is 3.67. The summed E-state index contributed by atoms with van der Waals surface area (Å²) >= 11 is 0. The van der Waals surface area contributed by atoms with E-state index < -0.39 is 0 Å². The second-order valence-corrected chi connectivity index (χ2v) is 7.56. The maximum Gasteiger partial charge on any atom is 0.167 e. The highest BCUT2D eigenvalue weighted by atomic mass is 16.1. The van der Waals surface area contributed by atoms with Crippen molar-refractivity contribution in [3.63, 3.8) is 0 Å². The second kappa shape index (κ2) is 6.08. The van der Waals surface area contributed by atoms with Gasteiger partial charge in [0.05, 0.1) is 16.6 Å². The lowest BCUT2D eigenvalue weighted by Gasteiger charge is -2.21. The fourth-order valence-electron chi connectivity index (χ4n) is 4.55. The lowest BCUT2D eigenvalue weighted by Crippen LogP contribution is -2.21. The van der Waals surface area contributed by atoms with Gasteiger partial charge in [0.1, 0.15) is 12.1 Å². The summed E-state index contributed by atoms with van der Waals surface area (Å²) in [6, 6.07) is 8.32. The van der Waals surface area contributed by atoms with Gasteiger partial charge in [-0.2, -0.15) is 0 Å². The third kappa shape index (κ3) is 2.36. The van der Waals surface area contributed by atoms with Gasteiger partial charge in [-0.05, 0) is 25.3 Å². The van der Waals surface area contributed by atoms with Gasteiger partial charge in [0.2, 0.25) is 0 Å². The monoisotopic (exact) mass is 357 g/mol. The number of nitrogens with zero attached hydrogens (tertiary/aromatic N) is 3. The van der Waals surface area contributed by atoms with Gasteiger partial charge in [0.15, 0.2) is 5.78 Å². The molecule has 2 aromatic heterocycles. The molecule has 1 aromatic carbocycles. The maximum absolute atomic E-state index is 13.2. The predicted octanol–water partition coefficient (Wildman–Crippen LogP) is 5.04. The molecule has 1 fully saturated rings. The van der Waals surface area contributed by atoms with E-state index in [9.17, 15) is 4.79 Å². The fourth-order valence-corrected chi connectivity index (χ4v) is 4.55. The van der Waals surface area contributed by atoms with Crippen LogP contribution in [0.3, 0.4) is 0 Å². The van der Waals surface area contributed by atoms with Crippen molar-refractivity contribution in [3.8, 4) is 5.82 Å². The Morgan fingerprint density at radius 2 is 2.19 bits per heavy atom. The van der Waals surface area contributed by atoms with Crippen molar-refractivity contribution in [2.75, 3.05) is 0 Å². The van der Waals surface area contributed by atoms with Crippen LogP contribution in [-0.4, -0.2) is 19.9 Å². The van der Waals surface area contributed by atoms with Crippen LogP contribution in [-0.2, 0) is 5.54 Å². The van der Waals surface area contributed by atoms with E-state index in [-0.39, 0.29) is 11.3 Å². The smallest absolute Gasteiger partial charge is 0.167 e. The summed E-state index contributed by atoms with van der Waals surface area (Å²) in [7, 11) is 0. The number of fused-ring (bicyclic) bond motifs is 2. The molecule has 4 nitrogen and oxygen atoms in total. The first-order chi connectivity index (χ1) is 13.3. The highest BCUT2D eigenvalue weighted by Gasteiger charge is 2.54. The quantitative estimate of drug-likeness (QED) is 0.474. The van der Waals surface area contributed by atoms with Crippen LogP contribution in [0, 0.1) is 5.92 Å². The Balaban J connectivity index is 1.87. The fraction of sp³-hybridized carbons (Fsp3) is 0.304. The summed E-state index contributed by atoms with van der Waals surface area (Å²) in [5, 5.41) is 1.04. The number of hydrogen-bond donors (Lipinski definition) is 0. The minimum absolute atomic E-state index is 0.0864. The molecule has 27 heavy (non-hydrogen) atoms. The highest BCUT2D eigenvalue weighted by molar-refractivity contribution is 6.11. The van der Waals surface area contributed by atoms with Gasteiger partial charge in [-0.15, -0.1) is 0 Å². The van der Waals surface area contributed by atoms with Crippen LogP contribution in [0.2, 0.25) is 0 Å². The molecule has 136 valence electrons. The Morgan fingerprint density at radius 3 is 3.00 bits per heavy atom. The minimum Gasteiger partial charge on any atom is -0.316 e. The standard InChI is InChI=1S/C23H23N3O/c1-2-8-20(27)21-18-10-5-6-11-19(18)26(22(21)25-14-13-24-16-25)23-12-7-3-4-9-17(23)15-23/h4-7,9-14,16-17H,2-3,8,15H2,1H3. The zero-order valence-electron chi connectivity index (χ0n) is 15.5. The van der Waals surface area contributed by atoms with Crippen molar-refractivity contribution in [2.24, 2.45) is 5.92 Å². The van der Waals surface area contributed by atoms with Crippen LogP contribution in [0.5, 0.6) is 0 Å². The number of para-hydroxylation sites is 1. The largest absolute Gasteiger partial charge is 0.316 e. The van der Waals surface area contributed by atoms with Crippen LogP contribution < -0.4 is 0 Å². The summed E-state index contributed by atoms with van der Waals surface area (Å²) in [5.41, 5.74) is 1.87. The molecule has 5 rings (SSSR count). The summed E-state index contributed by atoms with van der Waals surface area (Å²) in [4.78, 5) is 17.4. The van der Waals surface area contributed by atoms with Gasteiger partial charge in [-0.25, -0.2) is 4.98 Å². The number of carbonyl (C=O) groups is 1. The zero-order valence-corrected chi connectivity index (χ0v) is 15.5. The van der Waals surface area contributed by atoms with E-state index in [2.05, 4.69) is 59.0 Å². The van der Waals surface area contributed by atoms with E-state index in [0.29, 0.717) is 12.3 Å². The molecule has 2 unspecified atom stereocenters. The van der Waals surface area contributed by atoms with Crippen LogP contribution in [0.15, 0.2) is 67.3 Å². The van der Waals surface area contributed by atoms with Crippen molar-refractivity contribution < 1.29 is 4.79 Å². The number of benzene rings is 1. The Labute approximate surface area is 158 Å². The van der Waals surface area contributed by atoms with Gasteiger partial charge in [0, 0.05) is 30.1 Å². The lowest BCUT2D eigenvalue weighted by molar-refractivity contribution is 0.0983. The van der Waals surface area contributed by atoms with Crippen molar-refractivity contribution in [1.82, 2.24) is 14.1 Å². The van der Waals surface area contributed by atoms with E-state index in [4.69, 9.17) is 0 Å². The van der Waals surface area contributed by atoms with Gasteiger partial charge in [0.25, 0.3) is 0 Å². The molecule has 4 heteroatoms. The molecule has 0 saturated heterocycles. The van der Waals surface area contributed by atoms with Gasteiger partial charge >= 0.3 is 0 Å². The van der Waals surface area contributed by atoms with Crippen molar-refractivity contribution >= 4 is 16.7 Å². The van der Waals surface area contributed by atoms with E-state index >= 15 is 0 Å². The Bertz CT molecular complexity index is 1070. The number of allylic oxidation sites excluding steroid dienone is 4. The second-order valence-electron chi connectivity index (χ2n) is 7.56. The molecular weight excluding hydrogens is 334 g/mol. The van der Waals surface area contributed by atoms with Gasteiger partial charge < -0.3 is 4.57 Å². The van der Waals surface area contributed by atoms with Gasteiger partial charge in [-0.3, -0.25) is 9.36 Å². The Morgan fingerprint density at radius 1 is 1.30 bits per heavy atom. The summed E-state index contributed by atoms with van der Waals surface area (Å²) in [5.74, 6) is 1.64. The molecule has 0 amide bonds. The average molecular weight is 357 g/mol. The molecular formula is C23H23N3O. The van der Waals surface area contributed by atoms with E-state index in [0.717, 1.165) is 41.5 Å². The molecule has 2 aliphatic rings. The summed E-state index contributed by atoms with van der Waals surface area (Å²) in [6.07, 6.45) is 18.2. The zero-order chi connectivity index (χ0) is 18.4.